The molecule has 24 heavy (non-hydrogen) atoms. The highest BCUT2D eigenvalue weighted by molar-refractivity contribution is 5.94. The van der Waals surface area contributed by atoms with E-state index in [0.717, 1.165) is 38.4 Å². The molecule has 126 valence electrons. The number of nitrogen functional groups attached to an aromatic ring is 1. The number of rotatable bonds is 4. The van der Waals surface area contributed by atoms with E-state index in [2.05, 4.69) is 11.0 Å². The van der Waals surface area contributed by atoms with E-state index >= 15 is 0 Å². The minimum absolute atomic E-state index is 0.0671. The monoisotopic (exact) mass is 325 g/mol. The molecule has 0 aliphatic carbocycles. The van der Waals surface area contributed by atoms with Crippen LogP contribution in [0.3, 0.4) is 0 Å². The number of hydrogen-bond acceptors (Lipinski definition) is 4. The highest BCUT2D eigenvalue weighted by atomic mass is 16.5. The normalized spacial score (nSPS) is 15.3. The van der Waals surface area contributed by atoms with Crippen molar-refractivity contribution in [2.24, 2.45) is 0 Å². The van der Waals surface area contributed by atoms with Crippen molar-refractivity contribution in [2.75, 3.05) is 39.0 Å². The quantitative estimate of drug-likeness (QED) is 0.876. The molecule has 0 atom stereocenters. The SMILES string of the molecule is COc1cccc(C(=O)N2CCN(Cc3cccc(N)c3)CC2)c1. The third-order valence-electron chi connectivity index (χ3n) is 4.33. The van der Waals surface area contributed by atoms with Gasteiger partial charge in [-0.15, -0.1) is 0 Å². The summed E-state index contributed by atoms with van der Waals surface area (Å²) in [5.41, 5.74) is 8.51. The largest absolute Gasteiger partial charge is 0.497 e. The summed E-state index contributed by atoms with van der Waals surface area (Å²) < 4.78 is 5.20. The van der Waals surface area contributed by atoms with Crippen molar-refractivity contribution in [3.63, 3.8) is 0 Å². The van der Waals surface area contributed by atoms with E-state index in [1.807, 2.05) is 41.3 Å². The molecule has 0 aromatic heterocycles. The molecule has 0 bridgehead atoms. The van der Waals surface area contributed by atoms with Crippen LogP contribution in [-0.2, 0) is 6.54 Å². The summed E-state index contributed by atoms with van der Waals surface area (Å²) in [7, 11) is 1.61. The van der Waals surface area contributed by atoms with E-state index in [1.54, 1.807) is 13.2 Å². The second kappa shape index (κ2) is 7.36. The molecule has 1 heterocycles. The summed E-state index contributed by atoms with van der Waals surface area (Å²) in [5, 5.41) is 0. The first-order valence-corrected chi connectivity index (χ1v) is 8.16. The molecule has 0 saturated carbocycles. The number of carbonyl (C=O) groups is 1. The van der Waals surface area contributed by atoms with Gasteiger partial charge in [0.25, 0.3) is 5.91 Å². The zero-order valence-corrected chi connectivity index (χ0v) is 13.9. The molecular weight excluding hydrogens is 302 g/mol. The molecule has 5 nitrogen and oxygen atoms in total. The fourth-order valence-corrected chi connectivity index (χ4v) is 3.00. The summed E-state index contributed by atoms with van der Waals surface area (Å²) in [6, 6.07) is 15.3. The van der Waals surface area contributed by atoms with Crippen molar-refractivity contribution in [1.82, 2.24) is 9.80 Å². The van der Waals surface area contributed by atoms with Crippen LogP contribution in [0.4, 0.5) is 5.69 Å². The maximum absolute atomic E-state index is 12.6. The Hall–Kier alpha value is -2.53. The van der Waals surface area contributed by atoms with Crippen LogP contribution in [-0.4, -0.2) is 49.0 Å². The fourth-order valence-electron chi connectivity index (χ4n) is 3.00. The Balaban J connectivity index is 1.57. The lowest BCUT2D eigenvalue weighted by atomic mass is 10.1. The van der Waals surface area contributed by atoms with Crippen molar-refractivity contribution in [2.45, 2.75) is 6.54 Å². The highest BCUT2D eigenvalue weighted by Gasteiger charge is 2.22. The minimum Gasteiger partial charge on any atom is -0.497 e. The Labute approximate surface area is 142 Å². The topological polar surface area (TPSA) is 58.8 Å². The average molecular weight is 325 g/mol. The van der Waals surface area contributed by atoms with Gasteiger partial charge in [0.2, 0.25) is 0 Å². The Morgan fingerprint density at radius 3 is 2.54 bits per heavy atom. The third-order valence-corrected chi connectivity index (χ3v) is 4.33. The van der Waals surface area contributed by atoms with Crippen LogP contribution in [0, 0.1) is 0 Å². The molecule has 1 amide bonds. The highest BCUT2D eigenvalue weighted by Crippen LogP contribution is 2.16. The van der Waals surface area contributed by atoms with Gasteiger partial charge in [0, 0.05) is 44.0 Å². The van der Waals surface area contributed by atoms with Crippen LogP contribution in [0.25, 0.3) is 0 Å². The molecule has 0 unspecified atom stereocenters. The maximum atomic E-state index is 12.6. The molecule has 0 radical (unpaired) electrons. The standard InChI is InChI=1S/C19H23N3O2/c1-24-18-7-3-5-16(13-18)19(23)22-10-8-21(9-11-22)14-15-4-2-6-17(20)12-15/h2-7,12-13H,8-11,14,20H2,1H3. The van der Waals surface area contributed by atoms with Crippen molar-refractivity contribution >= 4 is 11.6 Å². The van der Waals surface area contributed by atoms with Gasteiger partial charge in [-0.2, -0.15) is 0 Å². The molecule has 0 spiro atoms. The van der Waals surface area contributed by atoms with Crippen molar-refractivity contribution in [3.8, 4) is 5.75 Å². The summed E-state index contributed by atoms with van der Waals surface area (Å²) >= 11 is 0. The zero-order chi connectivity index (χ0) is 16.9. The van der Waals surface area contributed by atoms with Gasteiger partial charge >= 0.3 is 0 Å². The van der Waals surface area contributed by atoms with E-state index in [9.17, 15) is 4.79 Å². The molecule has 2 aromatic carbocycles. The van der Waals surface area contributed by atoms with Crippen molar-refractivity contribution in [3.05, 3.63) is 59.7 Å². The molecule has 3 rings (SSSR count). The average Bonchev–Trinajstić information content (AvgIpc) is 2.62. The lowest BCUT2D eigenvalue weighted by Gasteiger charge is -2.34. The molecule has 1 fully saturated rings. The van der Waals surface area contributed by atoms with Crippen LogP contribution in [0.1, 0.15) is 15.9 Å². The second-order valence-corrected chi connectivity index (χ2v) is 6.05. The Morgan fingerprint density at radius 1 is 1.08 bits per heavy atom. The lowest BCUT2D eigenvalue weighted by molar-refractivity contribution is 0.0628. The van der Waals surface area contributed by atoms with E-state index < -0.39 is 0 Å². The molecule has 2 N–H and O–H groups in total. The van der Waals surface area contributed by atoms with Crippen molar-refractivity contribution < 1.29 is 9.53 Å². The van der Waals surface area contributed by atoms with Gasteiger partial charge in [-0.1, -0.05) is 18.2 Å². The molecule has 2 aromatic rings. The van der Waals surface area contributed by atoms with Crippen LogP contribution >= 0.6 is 0 Å². The number of ether oxygens (including phenoxy) is 1. The van der Waals surface area contributed by atoms with E-state index in [1.165, 1.54) is 5.56 Å². The van der Waals surface area contributed by atoms with E-state index in [-0.39, 0.29) is 5.91 Å². The molecule has 1 aliphatic rings. The zero-order valence-electron chi connectivity index (χ0n) is 13.9. The van der Waals surface area contributed by atoms with Gasteiger partial charge in [0.15, 0.2) is 0 Å². The molecular formula is C19H23N3O2. The van der Waals surface area contributed by atoms with Crippen LogP contribution in [0.2, 0.25) is 0 Å². The first kappa shape index (κ1) is 16.3. The molecule has 1 aliphatic heterocycles. The fraction of sp³-hybridized carbons (Fsp3) is 0.316. The molecule has 1 saturated heterocycles. The number of hydrogen-bond donors (Lipinski definition) is 1. The summed E-state index contributed by atoms with van der Waals surface area (Å²) in [4.78, 5) is 16.9. The van der Waals surface area contributed by atoms with Crippen LogP contribution in [0.5, 0.6) is 5.75 Å². The summed E-state index contributed by atoms with van der Waals surface area (Å²) in [5.74, 6) is 0.777. The number of piperazine rings is 1. The maximum Gasteiger partial charge on any atom is 0.254 e. The number of anilines is 1. The summed E-state index contributed by atoms with van der Waals surface area (Å²) in [6.45, 7) is 4.07. The van der Waals surface area contributed by atoms with Crippen LogP contribution in [0.15, 0.2) is 48.5 Å². The van der Waals surface area contributed by atoms with Gasteiger partial charge in [0.1, 0.15) is 5.75 Å². The summed E-state index contributed by atoms with van der Waals surface area (Å²) in [6.07, 6.45) is 0. The smallest absolute Gasteiger partial charge is 0.254 e. The Bertz CT molecular complexity index is 709. The van der Waals surface area contributed by atoms with Gasteiger partial charge in [-0.05, 0) is 35.9 Å². The van der Waals surface area contributed by atoms with Crippen LogP contribution < -0.4 is 10.5 Å². The number of methoxy groups -OCH3 is 1. The number of amides is 1. The number of nitrogens with zero attached hydrogens (tertiary/aromatic N) is 2. The number of nitrogens with two attached hydrogens (primary N) is 1. The number of benzene rings is 2. The van der Waals surface area contributed by atoms with Gasteiger partial charge < -0.3 is 15.4 Å². The van der Waals surface area contributed by atoms with E-state index in [0.29, 0.717) is 11.3 Å². The van der Waals surface area contributed by atoms with Gasteiger partial charge in [-0.3, -0.25) is 9.69 Å². The Kier molecular flexibility index (Phi) is 5.01. The predicted molar refractivity (Wildman–Crippen MR) is 95.0 cm³/mol. The first-order chi connectivity index (χ1) is 11.7. The number of carbonyl (C=O) groups excluding carboxylic acids is 1. The first-order valence-electron chi connectivity index (χ1n) is 8.16. The van der Waals surface area contributed by atoms with E-state index in [4.69, 9.17) is 10.5 Å². The van der Waals surface area contributed by atoms with Gasteiger partial charge in [-0.25, -0.2) is 0 Å². The van der Waals surface area contributed by atoms with Crippen molar-refractivity contribution in [1.29, 1.82) is 0 Å². The predicted octanol–water partition coefficient (Wildman–Crippen LogP) is 2.24. The Morgan fingerprint density at radius 2 is 1.83 bits per heavy atom. The third kappa shape index (κ3) is 3.86. The molecule has 5 heteroatoms. The lowest BCUT2D eigenvalue weighted by Crippen LogP contribution is -2.48. The minimum atomic E-state index is 0.0671. The van der Waals surface area contributed by atoms with Gasteiger partial charge in [0.05, 0.1) is 7.11 Å². The second-order valence-electron chi connectivity index (χ2n) is 6.05.